The molecule has 12 heteroatoms. The van der Waals surface area contributed by atoms with Crippen LogP contribution in [-0.4, -0.2) is 81.2 Å². The van der Waals surface area contributed by atoms with Gasteiger partial charge in [-0.25, -0.2) is 15.0 Å². The minimum atomic E-state index is 0.0903. The lowest BCUT2D eigenvalue weighted by molar-refractivity contribution is -0.121. The van der Waals surface area contributed by atoms with Crippen LogP contribution in [0.2, 0.25) is 0 Å². The first kappa shape index (κ1) is 24.6. The van der Waals surface area contributed by atoms with Gasteiger partial charge in [0.1, 0.15) is 5.82 Å². The van der Waals surface area contributed by atoms with Gasteiger partial charge in [0.2, 0.25) is 11.9 Å². The third-order valence-electron chi connectivity index (χ3n) is 7.18. The average molecular weight is 561 g/mol. The number of hydrogen-bond donors (Lipinski definition) is 0. The van der Waals surface area contributed by atoms with Crippen molar-refractivity contribution in [3.63, 3.8) is 0 Å². The molecule has 10 nitrogen and oxygen atoms in total. The number of aromatic nitrogens is 5. The van der Waals surface area contributed by atoms with Gasteiger partial charge in [-0.1, -0.05) is 19.1 Å². The highest BCUT2D eigenvalue weighted by Gasteiger charge is 2.28. The Bertz CT molecular complexity index is 1640. The third-order valence-corrected chi connectivity index (χ3v) is 9.08. The van der Waals surface area contributed by atoms with Crippen molar-refractivity contribution in [1.29, 1.82) is 0 Å². The molecule has 2 fully saturated rings. The molecule has 0 atom stereocenters. The number of carbonyl (C=O) groups excluding carboxylic acids is 1. The van der Waals surface area contributed by atoms with Crippen LogP contribution < -0.4 is 9.80 Å². The molecular formula is C27H28N8O2S2. The Morgan fingerprint density at radius 1 is 1.03 bits per heavy atom. The van der Waals surface area contributed by atoms with Gasteiger partial charge >= 0.3 is 0 Å². The second kappa shape index (κ2) is 10.3. The summed E-state index contributed by atoms with van der Waals surface area (Å²) in [5.74, 6) is 2.62. The zero-order chi connectivity index (χ0) is 26.3. The quantitative estimate of drug-likeness (QED) is 0.310. The maximum Gasteiger partial charge on any atom is 0.243 e. The average Bonchev–Trinajstić information content (AvgIpc) is 3.71. The Labute approximate surface area is 233 Å². The van der Waals surface area contributed by atoms with Crippen LogP contribution in [0.1, 0.15) is 17.6 Å². The van der Waals surface area contributed by atoms with E-state index in [1.165, 1.54) is 16.2 Å². The Balaban J connectivity index is 1.25. The van der Waals surface area contributed by atoms with Gasteiger partial charge in [0, 0.05) is 55.6 Å². The third kappa shape index (κ3) is 4.56. The lowest BCUT2D eigenvalue weighted by Gasteiger charge is -2.32. The van der Waals surface area contributed by atoms with E-state index >= 15 is 0 Å². The van der Waals surface area contributed by atoms with E-state index in [-0.39, 0.29) is 5.91 Å². The number of nitrogens with zero attached hydrogens (tertiary/aromatic N) is 8. The summed E-state index contributed by atoms with van der Waals surface area (Å²) in [6.45, 7) is 7.57. The number of benzene rings is 1. The van der Waals surface area contributed by atoms with Gasteiger partial charge in [0.05, 0.1) is 41.0 Å². The molecule has 4 aromatic heterocycles. The van der Waals surface area contributed by atoms with Gasteiger partial charge < -0.3 is 9.64 Å². The van der Waals surface area contributed by atoms with Crippen LogP contribution in [0, 0.1) is 0 Å². The number of aryl methyl sites for hydroxylation is 1. The van der Waals surface area contributed by atoms with E-state index < -0.39 is 0 Å². The number of anilines is 2. The van der Waals surface area contributed by atoms with E-state index in [0.29, 0.717) is 38.8 Å². The second-order valence-electron chi connectivity index (χ2n) is 9.65. The van der Waals surface area contributed by atoms with Crippen molar-refractivity contribution in [2.45, 2.75) is 19.9 Å². The Morgan fingerprint density at radius 2 is 1.90 bits per heavy atom. The normalized spacial score (nSPS) is 17.1. The number of amides is 1. The van der Waals surface area contributed by atoms with Crippen LogP contribution in [0.3, 0.4) is 0 Å². The molecule has 2 aliphatic rings. The number of rotatable bonds is 6. The van der Waals surface area contributed by atoms with Crippen molar-refractivity contribution in [2.75, 3.05) is 55.7 Å². The molecule has 1 amide bonds. The second-order valence-corrected chi connectivity index (χ2v) is 11.7. The van der Waals surface area contributed by atoms with Gasteiger partial charge in [0.15, 0.2) is 10.9 Å². The van der Waals surface area contributed by atoms with Gasteiger partial charge in [-0.15, -0.1) is 22.7 Å². The fourth-order valence-electron chi connectivity index (χ4n) is 5.28. The molecular weight excluding hydrogens is 532 g/mol. The van der Waals surface area contributed by atoms with Crippen molar-refractivity contribution >= 4 is 60.8 Å². The van der Waals surface area contributed by atoms with Gasteiger partial charge in [0.25, 0.3) is 0 Å². The van der Waals surface area contributed by atoms with E-state index in [2.05, 4.69) is 38.4 Å². The van der Waals surface area contributed by atoms with Gasteiger partial charge in [-0.3, -0.25) is 19.2 Å². The first-order valence-corrected chi connectivity index (χ1v) is 14.9. The van der Waals surface area contributed by atoms with E-state index in [4.69, 9.17) is 19.7 Å². The minimum absolute atomic E-state index is 0.0903. The van der Waals surface area contributed by atoms with E-state index in [9.17, 15) is 4.79 Å². The molecule has 2 aliphatic heterocycles. The van der Waals surface area contributed by atoms with E-state index in [1.807, 2.05) is 23.6 Å². The predicted octanol–water partition coefficient (Wildman–Crippen LogP) is 3.73. The first-order chi connectivity index (χ1) is 19.2. The van der Waals surface area contributed by atoms with E-state index in [1.54, 1.807) is 22.4 Å². The van der Waals surface area contributed by atoms with Crippen LogP contribution in [0.25, 0.3) is 27.2 Å². The summed E-state index contributed by atoms with van der Waals surface area (Å²) in [7, 11) is 0. The lowest BCUT2D eigenvalue weighted by atomic mass is 10.3. The molecule has 5 aromatic rings. The van der Waals surface area contributed by atoms with Gasteiger partial charge in [-0.2, -0.15) is 4.98 Å². The molecule has 0 radical (unpaired) electrons. The summed E-state index contributed by atoms with van der Waals surface area (Å²) >= 11 is 3.22. The molecule has 1 aromatic carbocycles. The van der Waals surface area contributed by atoms with E-state index in [0.717, 1.165) is 64.1 Å². The van der Waals surface area contributed by atoms with Crippen molar-refractivity contribution in [3.8, 4) is 5.95 Å². The zero-order valence-corrected chi connectivity index (χ0v) is 23.2. The molecule has 0 unspecified atom stereocenters. The van der Waals surface area contributed by atoms with Crippen LogP contribution >= 0.6 is 22.7 Å². The molecule has 0 saturated carbocycles. The fourth-order valence-corrected chi connectivity index (χ4v) is 7.13. The number of para-hydroxylation sites is 2. The minimum Gasteiger partial charge on any atom is -0.378 e. The van der Waals surface area contributed by atoms with Crippen LogP contribution in [0.15, 0.2) is 41.9 Å². The van der Waals surface area contributed by atoms with Crippen LogP contribution in [0.4, 0.5) is 10.9 Å². The number of carbonyl (C=O) groups is 1. The number of morpholine rings is 1. The Morgan fingerprint density at radius 3 is 2.69 bits per heavy atom. The predicted molar refractivity (Wildman–Crippen MR) is 154 cm³/mol. The summed E-state index contributed by atoms with van der Waals surface area (Å²) in [5, 5.41) is 2.68. The number of ether oxygens (including phenoxy) is 1. The van der Waals surface area contributed by atoms with Crippen molar-refractivity contribution in [2.24, 2.45) is 0 Å². The lowest BCUT2D eigenvalue weighted by Crippen LogP contribution is -2.50. The summed E-state index contributed by atoms with van der Waals surface area (Å²) in [6.07, 6.45) is 2.52. The molecule has 0 aliphatic carbocycles. The van der Waals surface area contributed by atoms with Gasteiger partial charge in [-0.05, 0) is 18.2 Å². The number of thiazole rings is 1. The summed E-state index contributed by atoms with van der Waals surface area (Å²) < 4.78 is 8.80. The number of piperazine rings is 1. The summed E-state index contributed by atoms with van der Waals surface area (Å²) in [6, 6.07) is 10.3. The van der Waals surface area contributed by atoms with Crippen LogP contribution in [0.5, 0.6) is 0 Å². The highest BCUT2D eigenvalue weighted by Crippen LogP contribution is 2.35. The fraction of sp³-hybridized carbons (Fsp3) is 0.370. The molecule has 200 valence electrons. The largest absolute Gasteiger partial charge is 0.378 e. The number of thiophene rings is 1. The standard InChI is InChI=1S/C27H28N8O2S2/c1-2-22-29-19-5-3-4-6-21(19)35(22)26-30-20-15-18(39-24(20)25(31-26)33-10-12-37-13-11-33)16-32-8-9-34(23(36)17-32)27-28-7-14-38-27/h3-7,14-15H,2,8-13,16-17H2,1H3. The first-order valence-electron chi connectivity index (χ1n) is 13.2. The topological polar surface area (TPSA) is 92.5 Å². The zero-order valence-electron chi connectivity index (χ0n) is 21.6. The number of imidazole rings is 1. The number of hydrogen-bond acceptors (Lipinski definition) is 10. The SMILES string of the molecule is CCc1nc2ccccc2n1-c1nc(N2CCOCC2)c2sc(CN3CCN(c4nccs4)C(=O)C3)cc2n1. The molecule has 7 rings (SSSR count). The highest BCUT2D eigenvalue weighted by molar-refractivity contribution is 7.19. The highest BCUT2D eigenvalue weighted by atomic mass is 32.1. The van der Waals surface area contributed by atoms with Crippen molar-refractivity contribution in [3.05, 3.63) is 52.6 Å². The monoisotopic (exact) mass is 560 g/mol. The maximum atomic E-state index is 12.9. The number of fused-ring (bicyclic) bond motifs is 2. The molecule has 0 N–H and O–H groups in total. The van der Waals surface area contributed by atoms with Crippen molar-refractivity contribution < 1.29 is 9.53 Å². The Kier molecular flexibility index (Phi) is 6.47. The molecule has 0 bridgehead atoms. The smallest absolute Gasteiger partial charge is 0.243 e. The van der Waals surface area contributed by atoms with Crippen LogP contribution in [-0.2, 0) is 22.5 Å². The molecule has 39 heavy (non-hydrogen) atoms. The summed E-state index contributed by atoms with van der Waals surface area (Å²) in [5.41, 5.74) is 2.88. The molecule has 6 heterocycles. The Hall–Kier alpha value is -3.45. The molecule has 2 saturated heterocycles. The maximum absolute atomic E-state index is 12.9. The van der Waals surface area contributed by atoms with Crippen molar-refractivity contribution in [1.82, 2.24) is 29.4 Å². The summed E-state index contributed by atoms with van der Waals surface area (Å²) in [4.78, 5) is 39.7. The molecule has 0 spiro atoms.